The van der Waals surface area contributed by atoms with Crippen LogP contribution in [0.15, 0.2) is 35.9 Å². The molecule has 7 atom stereocenters. The van der Waals surface area contributed by atoms with E-state index in [1.165, 1.54) is 5.57 Å². The summed E-state index contributed by atoms with van der Waals surface area (Å²) in [4.78, 5) is 25.6. The van der Waals surface area contributed by atoms with Gasteiger partial charge >= 0.3 is 5.97 Å². The Morgan fingerprint density at radius 2 is 1.97 bits per heavy atom. The first-order valence-corrected chi connectivity index (χ1v) is 11.7. The molecule has 2 fully saturated rings. The lowest BCUT2D eigenvalue weighted by atomic mass is 9.47. The molecule has 3 aliphatic carbocycles. The fraction of sp³-hybridized carbons (Fsp3) is 0.615. The first-order chi connectivity index (χ1) is 14.7. The molecule has 4 aliphatic rings. The normalized spacial score (nSPS) is 41.5. The molecule has 0 spiro atoms. The van der Waals surface area contributed by atoms with Crippen molar-refractivity contribution in [3.63, 3.8) is 0 Å². The number of Topliss-reactive ketones (excluding diaryl/α,β-unsaturated/α-hetero) is 1. The van der Waals surface area contributed by atoms with Gasteiger partial charge in [0.1, 0.15) is 0 Å². The summed E-state index contributed by atoms with van der Waals surface area (Å²) in [5.41, 5.74) is 2.16. The largest absolute Gasteiger partial charge is 0.481 e. The number of aliphatic carboxylic acids is 1. The van der Waals surface area contributed by atoms with Gasteiger partial charge in [-0.3, -0.25) is 9.59 Å². The minimum absolute atomic E-state index is 0.0380. The number of carbonyl (C=O) groups excluding carboxylic acids is 1. The number of carbonyl (C=O) groups is 2. The van der Waals surface area contributed by atoms with Gasteiger partial charge in [-0.1, -0.05) is 30.7 Å². The standard InChI is InChI=1S/C26H33NO4/c1-25-11-9-16(28)13-15(25)7-8-17-19(25)10-12-26(2,24(30)31)20(17)14-22-23(29)18-5-3-4-6-21(18)27-22/h3-7,16-17,19-20,22,27-28H,8-14H2,1-2H3,(H,30,31)/t16-,17+,19-,20+,22+,25-,26+/m0/s1. The van der Waals surface area contributed by atoms with E-state index in [2.05, 4.69) is 18.3 Å². The molecule has 0 amide bonds. The number of para-hydroxylation sites is 1. The number of fused-ring (bicyclic) bond motifs is 4. The summed E-state index contributed by atoms with van der Waals surface area (Å²) < 4.78 is 0. The number of ketones is 1. The topological polar surface area (TPSA) is 86.6 Å². The van der Waals surface area contributed by atoms with Gasteiger partial charge < -0.3 is 15.5 Å². The van der Waals surface area contributed by atoms with Crippen LogP contribution in [0.1, 0.15) is 69.2 Å². The monoisotopic (exact) mass is 423 g/mol. The maximum absolute atomic E-state index is 13.1. The number of hydrogen-bond acceptors (Lipinski definition) is 4. The summed E-state index contributed by atoms with van der Waals surface area (Å²) in [6.07, 6.45) is 7.52. The Labute approximate surface area is 183 Å². The Morgan fingerprint density at radius 3 is 2.71 bits per heavy atom. The molecule has 5 nitrogen and oxygen atoms in total. The summed E-state index contributed by atoms with van der Waals surface area (Å²) in [6, 6.07) is 7.23. The summed E-state index contributed by atoms with van der Waals surface area (Å²) in [6.45, 7) is 4.23. The van der Waals surface area contributed by atoms with Crippen molar-refractivity contribution < 1.29 is 19.8 Å². The molecule has 1 heterocycles. The first-order valence-electron chi connectivity index (χ1n) is 11.7. The van der Waals surface area contributed by atoms with Crippen molar-refractivity contribution in [2.45, 2.75) is 70.9 Å². The number of benzene rings is 1. The van der Waals surface area contributed by atoms with Gasteiger partial charge in [-0.05, 0) is 87.2 Å². The maximum atomic E-state index is 13.1. The van der Waals surface area contributed by atoms with Crippen LogP contribution in [0.3, 0.4) is 0 Å². The lowest BCUT2D eigenvalue weighted by molar-refractivity contribution is -0.161. The number of rotatable bonds is 3. The molecule has 0 unspecified atom stereocenters. The molecule has 166 valence electrons. The fourth-order valence-corrected chi connectivity index (χ4v) is 7.35. The van der Waals surface area contributed by atoms with Gasteiger partial charge in [0.2, 0.25) is 0 Å². The van der Waals surface area contributed by atoms with E-state index < -0.39 is 11.4 Å². The summed E-state index contributed by atoms with van der Waals surface area (Å²) in [7, 11) is 0. The third-order valence-electron chi connectivity index (χ3n) is 9.28. The van der Waals surface area contributed by atoms with E-state index in [4.69, 9.17) is 0 Å². The average molecular weight is 424 g/mol. The average Bonchev–Trinajstić information content (AvgIpc) is 3.06. The number of aliphatic hydroxyl groups is 1. The smallest absolute Gasteiger partial charge is 0.309 e. The van der Waals surface area contributed by atoms with Gasteiger partial charge in [0.05, 0.1) is 17.6 Å². The van der Waals surface area contributed by atoms with E-state index >= 15 is 0 Å². The molecule has 0 radical (unpaired) electrons. The molecule has 31 heavy (non-hydrogen) atoms. The van der Waals surface area contributed by atoms with Crippen LogP contribution in [0.25, 0.3) is 0 Å². The molecule has 1 aliphatic heterocycles. The van der Waals surface area contributed by atoms with Crippen molar-refractivity contribution >= 4 is 17.4 Å². The first kappa shape index (κ1) is 20.7. The molecule has 5 rings (SSSR count). The van der Waals surface area contributed by atoms with Crippen LogP contribution in [0.4, 0.5) is 5.69 Å². The zero-order chi connectivity index (χ0) is 22.0. The van der Waals surface area contributed by atoms with Gasteiger partial charge in [-0.2, -0.15) is 0 Å². The number of carboxylic acids is 1. The number of anilines is 1. The van der Waals surface area contributed by atoms with Crippen molar-refractivity contribution in [1.29, 1.82) is 0 Å². The highest BCUT2D eigenvalue weighted by Crippen LogP contribution is 2.62. The minimum atomic E-state index is -0.826. The molecular formula is C26H33NO4. The Bertz CT molecular complexity index is 954. The highest BCUT2D eigenvalue weighted by atomic mass is 16.4. The lowest BCUT2D eigenvalue weighted by Crippen LogP contribution is -2.54. The van der Waals surface area contributed by atoms with Crippen LogP contribution in [0.5, 0.6) is 0 Å². The Morgan fingerprint density at radius 1 is 1.19 bits per heavy atom. The van der Waals surface area contributed by atoms with Crippen molar-refractivity contribution in [2.75, 3.05) is 5.32 Å². The molecule has 3 N–H and O–H groups in total. The van der Waals surface area contributed by atoms with Crippen molar-refractivity contribution in [3.05, 3.63) is 41.5 Å². The van der Waals surface area contributed by atoms with Crippen molar-refractivity contribution in [1.82, 2.24) is 0 Å². The number of nitrogens with one attached hydrogen (secondary N) is 1. The quantitative estimate of drug-likeness (QED) is 0.615. The lowest BCUT2D eigenvalue weighted by Gasteiger charge is -2.57. The molecule has 2 saturated carbocycles. The van der Waals surface area contributed by atoms with Gasteiger partial charge in [-0.25, -0.2) is 0 Å². The molecule has 0 saturated heterocycles. The maximum Gasteiger partial charge on any atom is 0.309 e. The van der Waals surface area contributed by atoms with Crippen molar-refractivity contribution in [2.24, 2.45) is 28.6 Å². The van der Waals surface area contributed by atoms with Crippen LogP contribution < -0.4 is 5.32 Å². The van der Waals surface area contributed by atoms with E-state index in [1.807, 2.05) is 31.2 Å². The van der Waals surface area contributed by atoms with E-state index in [0.717, 1.165) is 43.4 Å². The highest BCUT2D eigenvalue weighted by molar-refractivity contribution is 6.10. The number of aliphatic hydroxyl groups excluding tert-OH is 1. The van der Waals surface area contributed by atoms with Crippen molar-refractivity contribution in [3.8, 4) is 0 Å². The molecule has 5 heteroatoms. The molecule has 0 aromatic heterocycles. The minimum Gasteiger partial charge on any atom is -0.481 e. The third kappa shape index (κ3) is 3.07. The van der Waals surface area contributed by atoms with Crippen LogP contribution in [0, 0.1) is 28.6 Å². The van der Waals surface area contributed by atoms with Crippen LogP contribution >= 0.6 is 0 Å². The second-order valence-electron chi connectivity index (χ2n) is 10.8. The van der Waals surface area contributed by atoms with E-state index in [-0.39, 0.29) is 35.2 Å². The zero-order valence-electron chi connectivity index (χ0n) is 18.4. The van der Waals surface area contributed by atoms with E-state index in [1.54, 1.807) is 0 Å². The fourth-order valence-electron chi connectivity index (χ4n) is 7.35. The van der Waals surface area contributed by atoms with Gasteiger partial charge in [0.25, 0.3) is 0 Å². The Balaban J connectivity index is 1.48. The molecular weight excluding hydrogens is 390 g/mol. The van der Waals surface area contributed by atoms with E-state index in [9.17, 15) is 19.8 Å². The molecule has 1 aromatic carbocycles. The second kappa shape index (κ2) is 7.19. The van der Waals surface area contributed by atoms with Gasteiger partial charge in [0, 0.05) is 11.3 Å². The Kier molecular flexibility index (Phi) is 4.81. The van der Waals surface area contributed by atoms with Gasteiger partial charge in [0.15, 0.2) is 5.78 Å². The third-order valence-corrected chi connectivity index (χ3v) is 9.28. The zero-order valence-corrected chi connectivity index (χ0v) is 18.4. The van der Waals surface area contributed by atoms with Crippen LogP contribution in [-0.2, 0) is 4.79 Å². The molecule has 0 bridgehead atoms. The number of allylic oxidation sites excluding steroid dienone is 1. The second-order valence-corrected chi connectivity index (χ2v) is 10.8. The number of hydrogen-bond donors (Lipinski definition) is 3. The highest BCUT2D eigenvalue weighted by Gasteiger charge is 2.57. The predicted molar refractivity (Wildman–Crippen MR) is 119 cm³/mol. The van der Waals surface area contributed by atoms with E-state index in [0.29, 0.717) is 18.8 Å². The van der Waals surface area contributed by atoms with Crippen LogP contribution in [-0.4, -0.2) is 34.1 Å². The summed E-state index contributed by atoms with van der Waals surface area (Å²) >= 11 is 0. The predicted octanol–water partition coefficient (Wildman–Crippen LogP) is 4.67. The van der Waals surface area contributed by atoms with Crippen LogP contribution in [0.2, 0.25) is 0 Å². The Hall–Kier alpha value is -2.14. The van der Waals surface area contributed by atoms with Gasteiger partial charge in [-0.15, -0.1) is 0 Å². The summed E-state index contributed by atoms with van der Waals surface area (Å²) in [5, 5.41) is 23.8. The molecule has 1 aromatic rings. The summed E-state index contributed by atoms with van der Waals surface area (Å²) in [5.74, 6) is -0.0585. The SMILES string of the molecule is C[C@@]1(C(=O)O)CC[C@H]2[C@@H](CC=C3C[C@@H](O)CC[C@@]32C)[C@H]1C[C@H]1Nc2ccccc2C1=O. The number of carboxylic acid groups (broad SMARTS) is 1.